The topological polar surface area (TPSA) is 61.7 Å². The molecule has 0 saturated carbocycles. The summed E-state index contributed by atoms with van der Waals surface area (Å²) in [6, 6.07) is 12.9. The van der Waals surface area contributed by atoms with Gasteiger partial charge < -0.3 is 20.3 Å². The number of hydrogen-bond donors (Lipinski definition) is 3. The van der Waals surface area contributed by atoms with Crippen LogP contribution in [0.2, 0.25) is 0 Å². The highest BCUT2D eigenvalue weighted by atomic mass is 16.5. The van der Waals surface area contributed by atoms with Crippen LogP contribution in [0.25, 0.3) is 0 Å². The lowest BCUT2D eigenvalue weighted by molar-refractivity contribution is 0.267. The van der Waals surface area contributed by atoms with E-state index in [1.165, 1.54) is 0 Å². The van der Waals surface area contributed by atoms with Crippen LogP contribution in [0, 0.1) is 0 Å². The van der Waals surface area contributed by atoms with Crippen molar-refractivity contribution in [2.45, 2.75) is 26.5 Å². The Kier molecular flexibility index (Phi) is 5.06. The zero-order valence-electron chi connectivity index (χ0n) is 12.3. The lowest BCUT2D eigenvalue weighted by Crippen LogP contribution is -2.07. The van der Waals surface area contributed by atoms with E-state index in [1.54, 1.807) is 12.1 Å². The van der Waals surface area contributed by atoms with Crippen molar-refractivity contribution in [2.24, 2.45) is 0 Å². The minimum Gasteiger partial charge on any atom is -0.508 e. The molecule has 2 rings (SSSR count). The van der Waals surface area contributed by atoms with E-state index in [0.29, 0.717) is 12.4 Å². The predicted molar refractivity (Wildman–Crippen MR) is 83.7 cm³/mol. The molecular weight excluding hydrogens is 266 g/mol. The van der Waals surface area contributed by atoms with Crippen LogP contribution in [0.5, 0.6) is 11.5 Å². The largest absolute Gasteiger partial charge is 0.508 e. The second kappa shape index (κ2) is 6.99. The van der Waals surface area contributed by atoms with Gasteiger partial charge in [-0.1, -0.05) is 12.1 Å². The number of aromatic hydroxyl groups is 1. The molecule has 1 unspecified atom stereocenters. The lowest BCUT2D eigenvalue weighted by Gasteiger charge is -2.17. The van der Waals surface area contributed by atoms with Crippen LogP contribution in [0.15, 0.2) is 42.5 Å². The second-order valence-corrected chi connectivity index (χ2v) is 4.87. The van der Waals surface area contributed by atoms with E-state index in [4.69, 9.17) is 4.74 Å². The van der Waals surface area contributed by atoms with Crippen LogP contribution in [0.3, 0.4) is 0 Å². The highest BCUT2D eigenvalue weighted by molar-refractivity contribution is 5.52. The number of nitrogens with one attached hydrogen (secondary N) is 1. The van der Waals surface area contributed by atoms with Gasteiger partial charge in [-0.15, -0.1) is 0 Å². The van der Waals surface area contributed by atoms with Gasteiger partial charge in [-0.2, -0.15) is 0 Å². The van der Waals surface area contributed by atoms with Crippen LogP contribution in [-0.4, -0.2) is 16.8 Å². The van der Waals surface area contributed by atoms with Crippen molar-refractivity contribution in [3.63, 3.8) is 0 Å². The number of aliphatic hydroxyl groups is 1. The van der Waals surface area contributed by atoms with Gasteiger partial charge in [0.05, 0.1) is 13.2 Å². The van der Waals surface area contributed by atoms with E-state index in [2.05, 4.69) is 5.32 Å². The maximum Gasteiger partial charge on any atom is 0.124 e. The normalized spacial score (nSPS) is 12.0. The van der Waals surface area contributed by atoms with Gasteiger partial charge in [0.25, 0.3) is 0 Å². The van der Waals surface area contributed by atoms with E-state index in [9.17, 15) is 10.2 Å². The van der Waals surface area contributed by atoms with E-state index in [0.717, 1.165) is 16.8 Å². The fraction of sp³-hybridized carbons (Fsp3) is 0.294. The summed E-state index contributed by atoms with van der Waals surface area (Å²) >= 11 is 0. The molecule has 0 heterocycles. The number of benzene rings is 2. The standard InChI is InChI=1S/C17H21NO3/c1-3-21-17-8-7-15(9-14(17)11-19)18-12(2)13-5-4-6-16(20)10-13/h4-10,12,18-20H,3,11H2,1-2H3. The highest BCUT2D eigenvalue weighted by Crippen LogP contribution is 2.26. The average molecular weight is 287 g/mol. The molecule has 0 spiro atoms. The van der Waals surface area contributed by atoms with Gasteiger partial charge in [0.15, 0.2) is 0 Å². The number of anilines is 1. The molecule has 2 aromatic carbocycles. The Morgan fingerprint density at radius 2 is 2.00 bits per heavy atom. The zero-order chi connectivity index (χ0) is 15.2. The van der Waals surface area contributed by atoms with E-state index in [1.807, 2.05) is 44.2 Å². The monoisotopic (exact) mass is 287 g/mol. The number of phenolic OH excluding ortho intramolecular Hbond substituents is 1. The summed E-state index contributed by atoms with van der Waals surface area (Å²) in [6.07, 6.45) is 0. The third-order valence-electron chi connectivity index (χ3n) is 3.28. The SMILES string of the molecule is CCOc1ccc(NC(C)c2cccc(O)c2)cc1CO. The molecule has 1 atom stereocenters. The molecule has 2 aromatic rings. The maximum absolute atomic E-state index is 9.53. The van der Waals surface area contributed by atoms with Crippen molar-refractivity contribution in [3.8, 4) is 11.5 Å². The number of ether oxygens (including phenoxy) is 1. The van der Waals surface area contributed by atoms with Gasteiger partial charge in [-0.25, -0.2) is 0 Å². The third kappa shape index (κ3) is 3.89. The smallest absolute Gasteiger partial charge is 0.124 e. The van der Waals surface area contributed by atoms with E-state index in [-0.39, 0.29) is 18.4 Å². The minimum atomic E-state index is -0.0641. The summed E-state index contributed by atoms with van der Waals surface area (Å²) in [7, 11) is 0. The first-order chi connectivity index (χ1) is 10.1. The molecular formula is C17H21NO3. The van der Waals surface area contributed by atoms with Crippen LogP contribution in [0.4, 0.5) is 5.69 Å². The summed E-state index contributed by atoms with van der Waals surface area (Å²) in [6.45, 7) is 4.44. The summed E-state index contributed by atoms with van der Waals surface area (Å²) in [5.41, 5.74) is 2.65. The van der Waals surface area contributed by atoms with Crippen LogP contribution < -0.4 is 10.1 Å². The molecule has 0 bridgehead atoms. The molecule has 0 aliphatic rings. The second-order valence-electron chi connectivity index (χ2n) is 4.87. The average Bonchev–Trinajstić information content (AvgIpc) is 2.49. The molecule has 0 aliphatic carbocycles. The van der Waals surface area contributed by atoms with E-state index >= 15 is 0 Å². The number of hydrogen-bond acceptors (Lipinski definition) is 4. The predicted octanol–water partition coefficient (Wildman–Crippen LogP) is 3.46. The molecule has 3 N–H and O–H groups in total. The van der Waals surface area contributed by atoms with Crippen molar-refractivity contribution in [2.75, 3.05) is 11.9 Å². The maximum atomic E-state index is 9.53. The molecule has 112 valence electrons. The molecule has 0 radical (unpaired) electrons. The Balaban J connectivity index is 2.15. The minimum absolute atomic E-state index is 0.0431. The van der Waals surface area contributed by atoms with Crippen molar-refractivity contribution >= 4 is 5.69 Å². The Bertz CT molecular complexity index is 598. The number of rotatable bonds is 6. The first-order valence-corrected chi connectivity index (χ1v) is 7.06. The number of aliphatic hydroxyl groups excluding tert-OH is 1. The van der Waals surface area contributed by atoms with Gasteiger partial charge in [0.2, 0.25) is 0 Å². The van der Waals surface area contributed by atoms with Crippen LogP contribution in [0.1, 0.15) is 31.0 Å². The van der Waals surface area contributed by atoms with Gasteiger partial charge >= 0.3 is 0 Å². The van der Waals surface area contributed by atoms with Crippen LogP contribution >= 0.6 is 0 Å². The van der Waals surface area contributed by atoms with E-state index < -0.39 is 0 Å². The molecule has 4 nitrogen and oxygen atoms in total. The first-order valence-electron chi connectivity index (χ1n) is 7.06. The first kappa shape index (κ1) is 15.2. The van der Waals surface area contributed by atoms with Crippen LogP contribution in [-0.2, 0) is 6.61 Å². The van der Waals surface area contributed by atoms with Crippen molar-refractivity contribution in [1.82, 2.24) is 0 Å². The highest BCUT2D eigenvalue weighted by Gasteiger charge is 2.08. The fourth-order valence-electron chi connectivity index (χ4n) is 2.22. The Morgan fingerprint density at radius 3 is 2.67 bits per heavy atom. The molecule has 0 aliphatic heterocycles. The molecule has 4 heteroatoms. The zero-order valence-corrected chi connectivity index (χ0v) is 12.3. The summed E-state index contributed by atoms with van der Waals surface area (Å²) in [4.78, 5) is 0. The molecule has 0 fully saturated rings. The summed E-state index contributed by atoms with van der Waals surface area (Å²) < 4.78 is 5.47. The fourth-order valence-corrected chi connectivity index (χ4v) is 2.22. The van der Waals surface area contributed by atoms with Gasteiger partial charge in [-0.05, 0) is 49.7 Å². The van der Waals surface area contributed by atoms with Crippen molar-refractivity contribution < 1.29 is 14.9 Å². The van der Waals surface area contributed by atoms with Crippen molar-refractivity contribution in [1.29, 1.82) is 0 Å². The van der Waals surface area contributed by atoms with Gasteiger partial charge in [-0.3, -0.25) is 0 Å². The Morgan fingerprint density at radius 1 is 1.19 bits per heavy atom. The molecule has 21 heavy (non-hydrogen) atoms. The summed E-state index contributed by atoms with van der Waals surface area (Å²) in [5.74, 6) is 0.958. The molecule has 0 aromatic heterocycles. The van der Waals surface area contributed by atoms with Gasteiger partial charge in [0.1, 0.15) is 11.5 Å². The number of phenols is 1. The third-order valence-corrected chi connectivity index (χ3v) is 3.28. The van der Waals surface area contributed by atoms with Gasteiger partial charge in [0, 0.05) is 17.3 Å². The molecule has 0 saturated heterocycles. The lowest BCUT2D eigenvalue weighted by atomic mass is 10.1. The quantitative estimate of drug-likeness (QED) is 0.761. The Labute approximate surface area is 125 Å². The Hall–Kier alpha value is -2.20. The summed E-state index contributed by atoms with van der Waals surface area (Å²) in [5, 5.41) is 22.3. The van der Waals surface area contributed by atoms with Crippen molar-refractivity contribution in [3.05, 3.63) is 53.6 Å². The molecule has 0 amide bonds.